The molecule has 0 spiro atoms. The summed E-state index contributed by atoms with van der Waals surface area (Å²) in [6.45, 7) is 3.13. The Labute approximate surface area is 101 Å². The number of ether oxygens (including phenoxy) is 1. The van der Waals surface area contributed by atoms with Gasteiger partial charge >= 0.3 is 0 Å². The molecule has 1 heteroatoms. The Hall–Kier alpha value is -1.76. The second-order valence-electron chi connectivity index (χ2n) is 5.36. The zero-order valence-electron chi connectivity index (χ0n) is 9.86. The maximum absolute atomic E-state index is 5.86. The van der Waals surface area contributed by atoms with Gasteiger partial charge in [-0.05, 0) is 29.2 Å². The van der Waals surface area contributed by atoms with Crippen LogP contribution in [0.4, 0.5) is 0 Å². The van der Waals surface area contributed by atoms with Crippen LogP contribution in [0, 0.1) is 0 Å². The molecule has 0 saturated heterocycles. The van der Waals surface area contributed by atoms with Gasteiger partial charge in [-0.2, -0.15) is 0 Å². The van der Waals surface area contributed by atoms with Gasteiger partial charge in [-0.25, -0.2) is 0 Å². The Balaban J connectivity index is 2.11. The molecule has 0 radical (unpaired) electrons. The van der Waals surface area contributed by atoms with E-state index in [-0.39, 0.29) is 5.41 Å². The van der Waals surface area contributed by atoms with Crippen LogP contribution in [0.3, 0.4) is 0 Å². The summed E-state index contributed by atoms with van der Waals surface area (Å²) in [5.74, 6) is 1.08. The standard InChI is InChI=1S/C16H14O/c1-16-9-11-5-2-3-6-12(11)13-7-4-8-14(15(13)16)17-10-16/h2-8H,9-10H2,1H3/t16-/m1/s1. The third-order valence-electron chi connectivity index (χ3n) is 4.06. The summed E-state index contributed by atoms with van der Waals surface area (Å²) in [5.41, 5.74) is 5.78. The molecule has 0 unspecified atom stereocenters. The second kappa shape index (κ2) is 2.92. The van der Waals surface area contributed by atoms with Crippen LogP contribution in [-0.4, -0.2) is 6.61 Å². The Morgan fingerprint density at radius 2 is 1.82 bits per heavy atom. The average Bonchev–Trinajstić information content (AvgIpc) is 2.69. The predicted molar refractivity (Wildman–Crippen MR) is 68.4 cm³/mol. The van der Waals surface area contributed by atoms with E-state index in [1.807, 2.05) is 0 Å². The summed E-state index contributed by atoms with van der Waals surface area (Å²) < 4.78 is 5.86. The number of rotatable bonds is 0. The third-order valence-corrected chi connectivity index (χ3v) is 4.06. The summed E-state index contributed by atoms with van der Waals surface area (Å²) in [6.07, 6.45) is 1.09. The normalized spacial score (nSPS) is 23.8. The monoisotopic (exact) mass is 222 g/mol. The lowest BCUT2D eigenvalue weighted by molar-refractivity contribution is 0.276. The van der Waals surface area contributed by atoms with Crippen molar-refractivity contribution in [3.63, 3.8) is 0 Å². The van der Waals surface area contributed by atoms with Gasteiger partial charge in [-0.15, -0.1) is 0 Å². The molecule has 0 aromatic heterocycles. The zero-order chi connectivity index (χ0) is 11.5. The maximum Gasteiger partial charge on any atom is 0.123 e. The van der Waals surface area contributed by atoms with E-state index in [1.54, 1.807) is 0 Å². The van der Waals surface area contributed by atoms with Crippen LogP contribution in [0.25, 0.3) is 11.1 Å². The molecule has 2 aromatic rings. The molecule has 2 aliphatic rings. The minimum Gasteiger partial charge on any atom is -0.492 e. The van der Waals surface area contributed by atoms with Gasteiger partial charge < -0.3 is 4.74 Å². The van der Waals surface area contributed by atoms with E-state index in [0.717, 1.165) is 18.8 Å². The SMILES string of the molecule is C[C@@]12COc3cccc(c31)-c1ccccc1C2. The Morgan fingerprint density at radius 3 is 2.76 bits per heavy atom. The average molecular weight is 222 g/mol. The van der Waals surface area contributed by atoms with Gasteiger partial charge in [-0.3, -0.25) is 0 Å². The molecule has 0 bridgehead atoms. The van der Waals surface area contributed by atoms with E-state index >= 15 is 0 Å². The topological polar surface area (TPSA) is 9.23 Å². The first-order chi connectivity index (χ1) is 8.28. The van der Waals surface area contributed by atoms with Crippen LogP contribution in [0.15, 0.2) is 42.5 Å². The molecule has 2 aromatic carbocycles. The van der Waals surface area contributed by atoms with Crippen LogP contribution in [0.1, 0.15) is 18.1 Å². The highest BCUT2D eigenvalue weighted by atomic mass is 16.5. The fraction of sp³-hybridized carbons (Fsp3) is 0.250. The highest BCUT2D eigenvalue weighted by Gasteiger charge is 2.41. The van der Waals surface area contributed by atoms with E-state index < -0.39 is 0 Å². The molecule has 1 atom stereocenters. The molecule has 1 aliphatic carbocycles. The lowest BCUT2D eigenvalue weighted by atomic mass is 9.70. The molecule has 0 saturated carbocycles. The molecule has 0 N–H and O–H groups in total. The first kappa shape index (κ1) is 9.29. The van der Waals surface area contributed by atoms with E-state index in [1.165, 1.54) is 22.3 Å². The van der Waals surface area contributed by atoms with Crippen LogP contribution in [0.2, 0.25) is 0 Å². The fourth-order valence-electron chi connectivity index (χ4n) is 3.30. The van der Waals surface area contributed by atoms with Crippen molar-refractivity contribution in [3.8, 4) is 16.9 Å². The Kier molecular flexibility index (Phi) is 1.60. The van der Waals surface area contributed by atoms with Crippen molar-refractivity contribution in [2.75, 3.05) is 6.61 Å². The van der Waals surface area contributed by atoms with Crippen LogP contribution < -0.4 is 4.74 Å². The molecule has 0 fully saturated rings. The highest BCUT2D eigenvalue weighted by molar-refractivity contribution is 5.78. The van der Waals surface area contributed by atoms with Crippen molar-refractivity contribution >= 4 is 0 Å². The number of hydrogen-bond acceptors (Lipinski definition) is 1. The fourth-order valence-corrected chi connectivity index (χ4v) is 3.30. The Bertz CT molecular complexity index is 615. The van der Waals surface area contributed by atoms with Crippen molar-refractivity contribution in [3.05, 3.63) is 53.6 Å². The number of fused-ring (bicyclic) bond motifs is 2. The number of benzene rings is 2. The molecular formula is C16H14O. The third kappa shape index (κ3) is 1.09. The van der Waals surface area contributed by atoms with Gasteiger partial charge in [0.1, 0.15) is 5.75 Å². The van der Waals surface area contributed by atoms with Crippen molar-refractivity contribution in [1.82, 2.24) is 0 Å². The van der Waals surface area contributed by atoms with Gasteiger partial charge in [-0.1, -0.05) is 43.3 Å². The van der Waals surface area contributed by atoms with Crippen molar-refractivity contribution in [1.29, 1.82) is 0 Å². The van der Waals surface area contributed by atoms with Crippen molar-refractivity contribution < 1.29 is 4.74 Å². The summed E-state index contributed by atoms with van der Waals surface area (Å²) >= 11 is 0. The minimum absolute atomic E-state index is 0.167. The van der Waals surface area contributed by atoms with Crippen molar-refractivity contribution in [2.24, 2.45) is 0 Å². The quantitative estimate of drug-likeness (QED) is 0.662. The number of hydrogen-bond donors (Lipinski definition) is 0. The largest absolute Gasteiger partial charge is 0.492 e. The first-order valence-corrected chi connectivity index (χ1v) is 6.12. The van der Waals surface area contributed by atoms with E-state index in [4.69, 9.17) is 4.74 Å². The van der Waals surface area contributed by atoms with Gasteiger partial charge in [0.25, 0.3) is 0 Å². The van der Waals surface area contributed by atoms with Gasteiger partial charge in [0, 0.05) is 11.0 Å². The van der Waals surface area contributed by atoms with Gasteiger partial charge in [0.2, 0.25) is 0 Å². The lowest BCUT2D eigenvalue weighted by Crippen LogP contribution is -2.30. The Morgan fingerprint density at radius 1 is 1.00 bits per heavy atom. The minimum atomic E-state index is 0.167. The summed E-state index contributed by atoms with van der Waals surface area (Å²) in [5, 5.41) is 0. The van der Waals surface area contributed by atoms with Crippen LogP contribution in [0.5, 0.6) is 5.75 Å². The molecule has 4 rings (SSSR count). The molecule has 1 aliphatic heterocycles. The van der Waals surface area contributed by atoms with E-state index in [2.05, 4.69) is 49.4 Å². The highest BCUT2D eigenvalue weighted by Crippen LogP contribution is 2.50. The van der Waals surface area contributed by atoms with Gasteiger partial charge in [0.05, 0.1) is 6.61 Å². The molecule has 1 heterocycles. The van der Waals surface area contributed by atoms with Crippen molar-refractivity contribution in [2.45, 2.75) is 18.8 Å². The van der Waals surface area contributed by atoms with Gasteiger partial charge in [0.15, 0.2) is 0 Å². The zero-order valence-corrected chi connectivity index (χ0v) is 9.86. The molecular weight excluding hydrogens is 208 g/mol. The second-order valence-corrected chi connectivity index (χ2v) is 5.36. The van der Waals surface area contributed by atoms with E-state index in [9.17, 15) is 0 Å². The molecule has 0 amide bonds. The summed E-state index contributed by atoms with van der Waals surface area (Å²) in [4.78, 5) is 0. The summed E-state index contributed by atoms with van der Waals surface area (Å²) in [6, 6.07) is 15.1. The molecule has 17 heavy (non-hydrogen) atoms. The predicted octanol–water partition coefficient (Wildman–Crippen LogP) is 3.56. The van der Waals surface area contributed by atoms with E-state index in [0.29, 0.717) is 0 Å². The first-order valence-electron chi connectivity index (χ1n) is 6.12. The lowest BCUT2D eigenvalue weighted by Gasteiger charge is -2.31. The maximum atomic E-state index is 5.86. The summed E-state index contributed by atoms with van der Waals surface area (Å²) in [7, 11) is 0. The molecule has 1 nitrogen and oxygen atoms in total. The van der Waals surface area contributed by atoms with Crippen LogP contribution >= 0.6 is 0 Å². The molecule has 84 valence electrons. The smallest absolute Gasteiger partial charge is 0.123 e. The van der Waals surface area contributed by atoms with Crippen LogP contribution in [-0.2, 0) is 11.8 Å².